The second-order valence-corrected chi connectivity index (χ2v) is 7.81. The third kappa shape index (κ3) is 7.30. The first-order chi connectivity index (χ1) is 17.0. The van der Waals surface area contributed by atoms with Crippen molar-refractivity contribution >= 4 is 22.6 Å². The average Bonchev–Trinajstić information content (AvgIpc) is 2.88. The molecule has 3 rings (SSSR count). The highest BCUT2D eigenvalue weighted by Gasteiger charge is 2.19. The van der Waals surface area contributed by atoms with Gasteiger partial charge in [0, 0.05) is 11.9 Å². The minimum atomic E-state index is -0.758. The fourth-order valence-corrected chi connectivity index (χ4v) is 3.46. The summed E-state index contributed by atoms with van der Waals surface area (Å²) in [6.07, 6.45) is 2.72. The summed E-state index contributed by atoms with van der Waals surface area (Å²) in [6.45, 7) is 5.01. The molecule has 1 aromatic heterocycles. The van der Waals surface area contributed by atoms with Gasteiger partial charge in [-0.15, -0.1) is 0 Å². The number of nitrogens with one attached hydrogen (secondary N) is 1. The molecule has 0 aliphatic rings. The lowest BCUT2D eigenvalue weighted by Crippen LogP contribution is -2.32. The van der Waals surface area contributed by atoms with Gasteiger partial charge in [0.2, 0.25) is 0 Å². The highest BCUT2D eigenvalue weighted by Crippen LogP contribution is 2.17. The Morgan fingerprint density at radius 3 is 2.31 bits per heavy atom. The third-order valence-electron chi connectivity index (χ3n) is 5.20. The maximum Gasteiger partial charge on any atom is 0.359 e. The van der Waals surface area contributed by atoms with Crippen molar-refractivity contribution in [3.05, 3.63) is 64.6 Å². The molecule has 186 valence electrons. The van der Waals surface area contributed by atoms with Crippen molar-refractivity contribution in [1.29, 1.82) is 0 Å². The Balaban J connectivity index is 1.52. The van der Waals surface area contributed by atoms with Crippen molar-refractivity contribution in [1.82, 2.24) is 15.1 Å². The smallest absolute Gasteiger partial charge is 0.359 e. The molecule has 0 spiro atoms. The van der Waals surface area contributed by atoms with Gasteiger partial charge >= 0.3 is 5.97 Å². The number of unbranched alkanes of at least 4 members (excludes halogenated alkanes) is 2. The molecule has 9 nitrogen and oxygen atoms in total. The molecule has 0 saturated carbocycles. The van der Waals surface area contributed by atoms with Crippen molar-refractivity contribution in [2.45, 2.75) is 39.7 Å². The van der Waals surface area contributed by atoms with Gasteiger partial charge in [-0.05, 0) is 43.7 Å². The molecular weight excluding hydrogens is 450 g/mol. The van der Waals surface area contributed by atoms with Gasteiger partial charge in [0.05, 0.1) is 18.5 Å². The number of amides is 1. The van der Waals surface area contributed by atoms with Crippen LogP contribution in [0.3, 0.4) is 0 Å². The topological polar surface area (TPSA) is 109 Å². The first kappa shape index (κ1) is 25.7. The number of nitrogens with zero attached hydrogens (tertiary/aromatic N) is 2. The predicted molar refractivity (Wildman–Crippen MR) is 132 cm³/mol. The molecule has 0 bridgehead atoms. The number of benzene rings is 2. The van der Waals surface area contributed by atoms with E-state index in [0.29, 0.717) is 29.7 Å². The van der Waals surface area contributed by atoms with E-state index in [1.165, 1.54) is 4.68 Å². The van der Waals surface area contributed by atoms with Crippen LogP contribution >= 0.6 is 0 Å². The zero-order valence-electron chi connectivity index (χ0n) is 20.1. The summed E-state index contributed by atoms with van der Waals surface area (Å²) in [6, 6.07) is 13.9. The van der Waals surface area contributed by atoms with Crippen LogP contribution in [-0.2, 0) is 16.1 Å². The van der Waals surface area contributed by atoms with Crippen LogP contribution in [0, 0.1) is 0 Å². The van der Waals surface area contributed by atoms with Gasteiger partial charge in [0.1, 0.15) is 18.1 Å². The zero-order chi connectivity index (χ0) is 25.0. The summed E-state index contributed by atoms with van der Waals surface area (Å²) in [5.41, 5.74) is -0.234. The van der Waals surface area contributed by atoms with E-state index in [1.54, 1.807) is 36.4 Å². The SMILES string of the molecule is CCCCCn1nc(C(=O)OCC(=O)NCCOc2ccc(OCC)cc2)c2ccccc2c1=O. The third-order valence-corrected chi connectivity index (χ3v) is 5.20. The number of rotatable bonds is 13. The van der Waals surface area contributed by atoms with Crippen molar-refractivity contribution in [2.24, 2.45) is 0 Å². The molecule has 0 radical (unpaired) electrons. The van der Waals surface area contributed by atoms with Crippen LogP contribution in [0.15, 0.2) is 53.3 Å². The fourth-order valence-electron chi connectivity index (χ4n) is 3.46. The molecular formula is C26H31N3O6. The number of esters is 1. The van der Waals surface area contributed by atoms with Crippen molar-refractivity contribution < 1.29 is 23.8 Å². The van der Waals surface area contributed by atoms with Crippen LogP contribution in [0.2, 0.25) is 0 Å². The van der Waals surface area contributed by atoms with Crippen LogP contribution in [-0.4, -0.2) is 48.0 Å². The van der Waals surface area contributed by atoms with Crippen LogP contribution in [0.25, 0.3) is 10.8 Å². The van der Waals surface area contributed by atoms with Gasteiger partial charge in [0.15, 0.2) is 12.3 Å². The second-order valence-electron chi connectivity index (χ2n) is 7.81. The van der Waals surface area contributed by atoms with Crippen LogP contribution in [0.4, 0.5) is 0 Å². The molecule has 0 unspecified atom stereocenters. The number of aromatic nitrogens is 2. The Bertz CT molecular complexity index is 1190. The van der Waals surface area contributed by atoms with Crippen molar-refractivity contribution in [3.63, 3.8) is 0 Å². The second kappa shape index (κ2) is 13.1. The van der Waals surface area contributed by atoms with E-state index >= 15 is 0 Å². The molecule has 35 heavy (non-hydrogen) atoms. The highest BCUT2D eigenvalue weighted by atomic mass is 16.5. The molecule has 1 N–H and O–H groups in total. The van der Waals surface area contributed by atoms with Crippen molar-refractivity contribution in [3.8, 4) is 11.5 Å². The van der Waals surface area contributed by atoms with E-state index in [2.05, 4.69) is 17.3 Å². The van der Waals surface area contributed by atoms with Gasteiger partial charge in [-0.3, -0.25) is 9.59 Å². The molecule has 0 fully saturated rings. The number of hydrogen-bond donors (Lipinski definition) is 1. The van der Waals surface area contributed by atoms with Crippen LogP contribution < -0.4 is 20.3 Å². The summed E-state index contributed by atoms with van der Waals surface area (Å²) in [5.74, 6) is 0.190. The lowest BCUT2D eigenvalue weighted by atomic mass is 10.1. The lowest BCUT2D eigenvalue weighted by Gasteiger charge is -2.11. The number of fused-ring (bicyclic) bond motifs is 1. The number of carbonyl (C=O) groups is 2. The molecule has 0 atom stereocenters. The van der Waals surface area contributed by atoms with E-state index < -0.39 is 18.5 Å². The van der Waals surface area contributed by atoms with E-state index in [9.17, 15) is 14.4 Å². The van der Waals surface area contributed by atoms with Gasteiger partial charge in [-0.1, -0.05) is 38.0 Å². The van der Waals surface area contributed by atoms with Gasteiger partial charge in [-0.25, -0.2) is 9.48 Å². The Labute approximate surface area is 204 Å². The fraction of sp³-hybridized carbons (Fsp3) is 0.385. The molecule has 0 aliphatic carbocycles. The molecule has 2 aromatic carbocycles. The van der Waals surface area contributed by atoms with Gasteiger partial charge < -0.3 is 19.5 Å². The van der Waals surface area contributed by atoms with E-state index in [4.69, 9.17) is 14.2 Å². The molecule has 1 heterocycles. The number of carbonyl (C=O) groups excluding carboxylic acids is 2. The molecule has 1 amide bonds. The minimum Gasteiger partial charge on any atom is -0.494 e. The normalized spacial score (nSPS) is 10.7. The van der Waals surface area contributed by atoms with Gasteiger partial charge in [-0.2, -0.15) is 5.10 Å². The first-order valence-corrected chi connectivity index (χ1v) is 11.8. The lowest BCUT2D eigenvalue weighted by molar-refractivity contribution is -0.124. The Kier molecular flexibility index (Phi) is 9.65. The van der Waals surface area contributed by atoms with E-state index in [1.807, 2.05) is 19.1 Å². The molecule has 9 heteroatoms. The first-order valence-electron chi connectivity index (χ1n) is 11.8. The highest BCUT2D eigenvalue weighted by molar-refractivity contribution is 6.02. The van der Waals surface area contributed by atoms with E-state index in [-0.39, 0.29) is 24.4 Å². The maximum atomic E-state index is 12.7. The predicted octanol–water partition coefficient (Wildman–Crippen LogP) is 3.34. The monoisotopic (exact) mass is 481 g/mol. The number of aryl methyl sites for hydroxylation is 1. The zero-order valence-corrected chi connectivity index (χ0v) is 20.1. The quantitative estimate of drug-likeness (QED) is 0.295. The number of hydrogen-bond acceptors (Lipinski definition) is 7. The summed E-state index contributed by atoms with van der Waals surface area (Å²) < 4.78 is 17.4. The average molecular weight is 482 g/mol. The Morgan fingerprint density at radius 2 is 1.63 bits per heavy atom. The summed E-state index contributed by atoms with van der Waals surface area (Å²) in [4.78, 5) is 37.6. The molecule has 0 aliphatic heterocycles. The summed E-state index contributed by atoms with van der Waals surface area (Å²) in [7, 11) is 0. The molecule has 0 saturated heterocycles. The van der Waals surface area contributed by atoms with Crippen molar-refractivity contribution in [2.75, 3.05) is 26.4 Å². The van der Waals surface area contributed by atoms with E-state index in [0.717, 1.165) is 25.0 Å². The standard InChI is InChI=1S/C26H31N3O6/c1-3-5-8-16-29-25(31)22-10-7-6-9-21(22)24(28-29)26(32)35-18-23(30)27-15-17-34-20-13-11-19(12-14-20)33-4-2/h6-7,9-14H,3-5,8,15-18H2,1-2H3,(H,27,30). The maximum absolute atomic E-state index is 12.7. The van der Waals surface area contributed by atoms with Crippen LogP contribution in [0.5, 0.6) is 11.5 Å². The number of ether oxygens (including phenoxy) is 3. The molecule has 3 aromatic rings. The summed E-state index contributed by atoms with van der Waals surface area (Å²) >= 11 is 0. The van der Waals surface area contributed by atoms with Gasteiger partial charge in [0.25, 0.3) is 11.5 Å². The Hall–Kier alpha value is -3.88. The Morgan fingerprint density at radius 1 is 0.943 bits per heavy atom. The van der Waals surface area contributed by atoms with Crippen LogP contribution in [0.1, 0.15) is 43.6 Å². The summed E-state index contributed by atoms with van der Waals surface area (Å²) in [5, 5.41) is 7.68. The largest absolute Gasteiger partial charge is 0.494 e. The minimum absolute atomic E-state index is 0.0170.